The minimum Gasteiger partial charge on any atom is -0.481 e. The molecule has 0 bridgehead atoms. The van der Waals surface area contributed by atoms with Crippen molar-refractivity contribution in [1.29, 1.82) is 0 Å². The van der Waals surface area contributed by atoms with Crippen molar-refractivity contribution in [2.24, 2.45) is 5.41 Å². The Morgan fingerprint density at radius 1 is 1.08 bits per heavy atom. The first kappa shape index (κ1) is 42.3. The number of likely N-dealkylation sites (tertiary alicyclic amines) is 2. The van der Waals surface area contributed by atoms with E-state index in [-0.39, 0.29) is 34.9 Å². The summed E-state index contributed by atoms with van der Waals surface area (Å²) in [5.74, 6) is 0.525. The number of halogens is 3. The summed E-state index contributed by atoms with van der Waals surface area (Å²) >= 11 is 0. The summed E-state index contributed by atoms with van der Waals surface area (Å²) in [6.45, 7) is 17.4. The number of methoxy groups -OCH3 is 1. The summed E-state index contributed by atoms with van der Waals surface area (Å²) in [5.41, 5.74) is 6.57. The van der Waals surface area contributed by atoms with E-state index in [2.05, 4.69) is 39.2 Å². The van der Waals surface area contributed by atoms with E-state index < -0.39 is 18.4 Å². The molecule has 2 aromatic heterocycles. The number of piperidine rings is 2. The van der Waals surface area contributed by atoms with Crippen LogP contribution in [0.1, 0.15) is 76.6 Å². The number of nitrogens with zero attached hydrogens (tertiary/aromatic N) is 6. The van der Waals surface area contributed by atoms with Gasteiger partial charge in [0.05, 0.1) is 12.1 Å². The molecule has 0 radical (unpaired) electrons. The SMILES string of the molecule is C=C=Cc1cc2c(N3CCC4(CC3)CN(C(=O)OC(C)(C)C)C4)nc(OC3CCN(CCOC)CC3)nc2c(OCC(F)(F)F)c1-c1c(C)ccc2n[nH]c(CCC)c12. The molecule has 15 heteroatoms. The summed E-state index contributed by atoms with van der Waals surface area (Å²) in [4.78, 5) is 29.0. The van der Waals surface area contributed by atoms with E-state index in [4.69, 9.17) is 28.9 Å². The number of hydrogen-bond acceptors (Lipinski definition) is 10. The highest BCUT2D eigenvalue weighted by atomic mass is 19.4. The van der Waals surface area contributed by atoms with E-state index >= 15 is 0 Å². The van der Waals surface area contributed by atoms with Gasteiger partial charge in [-0.15, -0.1) is 5.73 Å². The van der Waals surface area contributed by atoms with Crippen molar-refractivity contribution in [3.8, 4) is 22.9 Å². The van der Waals surface area contributed by atoms with Crippen LogP contribution in [0.25, 0.3) is 39.0 Å². The number of carbonyl (C=O) groups is 1. The van der Waals surface area contributed by atoms with Gasteiger partial charge in [0.15, 0.2) is 12.4 Å². The average Bonchev–Trinajstić information content (AvgIpc) is 3.57. The summed E-state index contributed by atoms with van der Waals surface area (Å²) in [6, 6.07) is 5.82. The Morgan fingerprint density at radius 2 is 1.81 bits per heavy atom. The van der Waals surface area contributed by atoms with Gasteiger partial charge in [0.25, 0.3) is 0 Å². The number of fused-ring (bicyclic) bond motifs is 2. The van der Waals surface area contributed by atoms with Gasteiger partial charge < -0.3 is 33.6 Å². The van der Waals surface area contributed by atoms with Crippen LogP contribution in [0, 0.1) is 12.3 Å². The van der Waals surface area contributed by atoms with Gasteiger partial charge in [-0.3, -0.25) is 5.10 Å². The van der Waals surface area contributed by atoms with Crippen molar-refractivity contribution < 1.29 is 36.9 Å². The molecule has 1 amide bonds. The summed E-state index contributed by atoms with van der Waals surface area (Å²) < 4.78 is 66.1. The van der Waals surface area contributed by atoms with Crippen molar-refractivity contribution in [1.82, 2.24) is 30.0 Å². The van der Waals surface area contributed by atoms with Crippen molar-refractivity contribution in [3.05, 3.63) is 47.3 Å². The Morgan fingerprint density at radius 3 is 2.46 bits per heavy atom. The van der Waals surface area contributed by atoms with Crippen LogP contribution in [0.5, 0.6) is 11.8 Å². The second kappa shape index (κ2) is 17.0. The molecule has 1 N–H and O–H groups in total. The molecule has 3 aliphatic rings. The fourth-order valence-corrected chi connectivity index (χ4v) is 8.67. The van der Waals surface area contributed by atoms with Crippen LogP contribution in [-0.4, -0.2) is 120 Å². The van der Waals surface area contributed by atoms with Gasteiger partial charge in [0.1, 0.15) is 23.0 Å². The van der Waals surface area contributed by atoms with Crippen LogP contribution in [0.15, 0.2) is 30.5 Å². The van der Waals surface area contributed by atoms with Crippen LogP contribution in [0.4, 0.5) is 23.8 Å². The lowest BCUT2D eigenvalue weighted by atomic mass is 9.72. The number of anilines is 1. The van der Waals surface area contributed by atoms with E-state index in [0.717, 1.165) is 68.4 Å². The van der Waals surface area contributed by atoms with Crippen LogP contribution < -0.4 is 14.4 Å². The third-order valence-electron chi connectivity index (χ3n) is 11.6. The maximum Gasteiger partial charge on any atom is 0.422 e. The van der Waals surface area contributed by atoms with Crippen LogP contribution in [0.3, 0.4) is 0 Å². The van der Waals surface area contributed by atoms with Crippen molar-refractivity contribution in [2.45, 2.75) is 91.0 Å². The predicted molar refractivity (Wildman–Crippen MR) is 222 cm³/mol. The fraction of sp³-hybridized carbons (Fsp3) is 0.568. The third-order valence-corrected chi connectivity index (χ3v) is 11.6. The second-order valence-electron chi connectivity index (χ2n) is 17.2. The van der Waals surface area contributed by atoms with E-state index in [1.165, 1.54) is 0 Å². The molecule has 5 heterocycles. The van der Waals surface area contributed by atoms with Gasteiger partial charge in [-0.05, 0) is 89.1 Å². The molecule has 3 aliphatic heterocycles. The minimum absolute atomic E-state index is 0.0241. The highest BCUT2D eigenvalue weighted by Gasteiger charge is 2.48. The topological polar surface area (TPSA) is 118 Å². The molecule has 4 aromatic rings. The first-order valence-corrected chi connectivity index (χ1v) is 20.6. The molecule has 59 heavy (non-hydrogen) atoms. The van der Waals surface area contributed by atoms with Gasteiger partial charge >= 0.3 is 18.3 Å². The molecule has 1 spiro atoms. The van der Waals surface area contributed by atoms with Gasteiger partial charge in [0, 0.05) is 85.9 Å². The number of nitrogens with one attached hydrogen (secondary N) is 1. The van der Waals surface area contributed by atoms with Crippen molar-refractivity contribution >= 4 is 39.8 Å². The fourth-order valence-electron chi connectivity index (χ4n) is 8.67. The molecule has 3 saturated heterocycles. The van der Waals surface area contributed by atoms with Gasteiger partial charge in [-0.2, -0.15) is 28.2 Å². The largest absolute Gasteiger partial charge is 0.481 e. The normalized spacial score (nSPS) is 17.6. The van der Waals surface area contributed by atoms with Gasteiger partial charge in [-0.1, -0.05) is 26.0 Å². The molecular weight excluding hydrogens is 764 g/mol. The highest BCUT2D eigenvalue weighted by molar-refractivity contribution is 6.08. The Bertz CT molecular complexity index is 2200. The number of H-pyrrole nitrogens is 1. The number of aromatic amines is 1. The molecule has 0 unspecified atom stereocenters. The van der Waals surface area contributed by atoms with E-state index in [9.17, 15) is 18.0 Å². The molecule has 12 nitrogen and oxygen atoms in total. The number of rotatable bonds is 12. The number of ether oxygens (including phenoxy) is 4. The van der Waals surface area contributed by atoms with E-state index in [1.54, 1.807) is 18.1 Å². The van der Waals surface area contributed by atoms with Gasteiger partial charge in [-0.25, -0.2) is 4.79 Å². The molecule has 0 saturated carbocycles. The second-order valence-corrected chi connectivity index (χ2v) is 17.2. The van der Waals surface area contributed by atoms with E-state index in [0.29, 0.717) is 72.6 Å². The lowest BCUT2D eigenvalue weighted by molar-refractivity contribution is -0.153. The molecule has 0 atom stereocenters. The Labute approximate surface area is 343 Å². The minimum atomic E-state index is -4.64. The zero-order chi connectivity index (χ0) is 42.1. The zero-order valence-corrected chi connectivity index (χ0v) is 35.1. The summed E-state index contributed by atoms with van der Waals surface area (Å²) in [7, 11) is 1.69. The predicted octanol–water partition coefficient (Wildman–Crippen LogP) is 8.50. The number of benzene rings is 2. The quantitative estimate of drug-likeness (QED) is 0.140. The summed E-state index contributed by atoms with van der Waals surface area (Å²) in [6.07, 6.45) is 1.07. The molecular formula is C44H56F3N7O5. The Kier molecular flexibility index (Phi) is 12.2. The maximum absolute atomic E-state index is 14.2. The number of carbonyl (C=O) groups excluding carboxylic acids is 1. The zero-order valence-electron chi connectivity index (χ0n) is 35.1. The van der Waals surface area contributed by atoms with Crippen molar-refractivity contribution in [2.75, 3.05) is 71.0 Å². The Hall–Kier alpha value is -4.85. The van der Waals surface area contributed by atoms with Gasteiger partial charge in [0.2, 0.25) is 0 Å². The first-order valence-electron chi connectivity index (χ1n) is 20.6. The number of hydrogen-bond donors (Lipinski definition) is 1. The van der Waals surface area contributed by atoms with Crippen LogP contribution in [-0.2, 0) is 15.9 Å². The number of amides is 1. The molecule has 0 aliphatic carbocycles. The van der Waals surface area contributed by atoms with Crippen LogP contribution in [0.2, 0.25) is 0 Å². The Balaban J connectivity index is 1.35. The lowest BCUT2D eigenvalue weighted by Crippen LogP contribution is -2.62. The van der Waals surface area contributed by atoms with Crippen LogP contribution >= 0.6 is 0 Å². The first-order chi connectivity index (χ1) is 28.1. The average molecular weight is 820 g/mol. The molecule has 3 fully saturated rings. The number of aromatic nitrogens is 4. The smallest absolute Gasteiger partial charge is 0.422 e. The standard InChI is InChI=1S/C44H56F3N7O5/c1-8-10-29-24-31-37(38(57-27-44(45,46)47)35(29)34-28(3)12-13-33-36(34)32(11-9-2)50-51-33)48-40(58-30-14-18-52(19-15-30)22-23-56-7)49-39(31)53-20-16-43(17-21-53)25-54(26-43)41(55)59-42(4,5)6/h10,12-13,24,30H,1,9,11,14-23,25-27H2,2-7H3,(H,50,51). The third kappa shape index (κ3) is 9.32. The highest BCUT2D eigenvalue weighted by Crippen LogP contribution is 2.48. The maximum atomic E-state index is 14.2. The monoisotopic (exact) mass is 819 g/mol. The van der Waals surface area contributed by atoms with Crippen molar-refractivity contribution in [3.63, 3.8) is 0 Å². The summed E-state index contributed by atoms with van der Waals surface area (Å²) in [5, 5.41) is 9.09. The van der Waals surface area contributed by atoms with E-state index in [1.807, 2.05) is 45.9 Å². The lowest BCUT2D eigenvalue weighted by Gasteiger charge is -2.53. The number of alkyl halides is 3. The number of aryl methyl sites for hydroxylation is 2. The molecule has 7 rings (SSSR count). The molecule has 2 aromatic carbocycles. The molecule has 318 valence electrons.